The van der Waals surface area contributed by atoms with E-state index in [-0.39, 0.29) is 17.6 Å². The summed E-state index contributed by atoms with van der Waals surface area (Å²) < 4.78 is 31.1. The standard InChI is InChI=1S/C20H21F2N7O3/c1-32-13-2-3-14(23-8-13)19(30)26-12-6-7-28(11-12)18-5-4-17-24-9-15(29(17)27-18)20(31)25-10-16(21)22/h2-5,8-9,12,16H,6-7,10-11H2,1H3,(H,25,31)(H,26,30)/t12-/m0/s1. The highest BCUT2D eigenvalue weighted by molar-refractivity contribution is 5.93. The zero-order valence-electron chi connectivity index (χ0n) is 17.2. The Balaban J connectivity index is 1.43. The summed E-state index contributed by atoms with van der Waals surface area (Å²) in [6.45, 7) is 0.408. The van der Waals surface area contributed by atoms with E-state index in [4.69, 9.17) is 4.74 Å². The molecule has 10 nitrogen and oxygen atoms in total. The monoisotopic (exact) mass is 445 g/mol. The quantitative estimate of drug-likeness (QED) is 0.561. The number of nitrogens with zero attached hydrogens (tertiary/aromatic N) is 5. The number of aromatic nitrogens is 4. The maximum Gasteiger partial charge on any atom is 0.271 e. The predicted molar refractivity (Wildman–Crippen MR) is 110 cm³/mol. The molecule has 12 heteroatoms. The van der Waals surface area contributed by atoms with Crippen molar-refractivity contribution >= 4 is 23.3 Å². The maximum absolute atomic E-state index is 12.5. The molecule has 1 aliphatic rings. The molecule has 2 amide bonds. The lowest BCUT2D eigenvalue weighted by molar-refractivity contribution is 0.0884. The fourth-order valence-electron chi connectivity index (χ4n) is 3.43. The van der Waals surface area contributed by atoms with Gasteiger partial charge in [0.05, 0.1) is 26.0 Å². The van der Waals surface area contributed by atoms with E-state index < -0.39 is 18.9 Å². The van der Waals surface area contributed by atoms with Crippen molar-refractivity contribution in [2.45, 2.75) is 18.9 Å². The van der Waals surface area contributed by atoms with E-state index in [1.807, 2.05) is 4.90 Å². The van der Waals surface area contributed by atoms with Crippen molar-refractivity contribution < 1.29 is 23.1 Å². The molecule has 3 aromatic heterocycles. The molecule has 0 aromatic carbocycles. The largest absolute Gasteiger partial charge is 0.495 e. The van der Waals surface area contributed by atoms with Crippen LogP contribution in [0.4, 0.5) is 14.6 Å². The van der Waals surface area contributed by atoms with Gasteiger partial charge in [0.15, 0.2) is 11.3 Å². The number of alkyl halides is 2. The number of carbonyl (C=O) groups excluding carboxylic acids is 2. The molecule has 0 saturated carbocycles. The number of rotatable bonds is 7. The molecule has 1 saturated heterocycles. The number of hydrogen-bond donors (Lipinski definition) is 2. The van der Waals surface area contributed by atoms with Crippen molar-refractivity contribution in [3.63, 3.8) is 0 Å². The summed E-state index contributed by atoms with van der Waals surface area (Å²) in [5.74, 6) is 0.186. The zero-order chi connectivity index (χ0) is 22.7. The highest BCUT2D eigenvalue weighted by atomic mass is 19.3. The van der Waals surface area contributed by atoms with Gasteiger partial charge < -0.3 is 20.3 Å². The SMILES string of the molecule is COc1ccc(C(=O)N[C@H]2CCN(c3ccc4ncc(C(=O)NCC(F)F)n4n3)C2)nc1. The van der Waals surface area contributed by atoms with Crippen molar-refractivity contribution in [3.8, 4) is 5.75 Å². The number of imidazole rings is 1. The third-order valence-electron chi connectivity index (χ3n) is 5.05. The van der Waals surface area contributed by atoms with Crippen LogP contribution in [0.2, 0.25) is 0 Å². The van der Waals surface area contributed by atoms with Crippen LogP contribution in [-0.2, 0) is 0 Å². The molecule has 1 fully saturated rings. The van der Waals surface area contributed by atoms with Gasteiger partial charge in [-0.1, -0.05) is 0 Å². The molecule has 32 heavy (non-hydrogen) atoms. The van der Waals surface area contributed by atoms with Crippen LogP contribution in [0, 0.1) is 0 Å². The number of hydrogen-bond acceptors (Lipinski definition) is 7. The molecule has 1 aliphatic heterocycles. The summed E-state index contributed by atoms with van der Waals surface area (Å²) in [6.07, 6.45) is 0.830. The van der Waals surface area contributed by atoms with E-state index in [1.165, 1.54) is 24.0 Å². The molecule has 1 atom stereocenters. The molecule has 2 N–H and O–H groups in total. The van der Waals surface area contributed by atoms with E-state index in [0.29, 0.717) is 42.4 Å². The van der Waals surface area contributed by atoms with Crippen LogP contribution in [0.1, 0.15) is 27.4 Å². The minimum atomic E-state index is -2.65. The average Bonchev–Trinajstić information content (AvgIpc) is 3.44. The first-order valence-corrected chi connectivity index (χ1v) is 9.91. The normalized spacial score (nSPS) is 15.9. The van der Waals surface area contributed by atoms with Gasteiger partial charge in [0.25, 0.3) is 18.2 Å². The summed E-state index contributed by atoms with van der Waals surface area (Å²) in [7, 11) is 1.53. The van der Waals surface area contributed by atoms with Crippen LogP contribution < -0.4 is 20.3 Å². The number of amides is 2. The highest BCUT2D eigenvalue weighted by Gasteiger charge is 2.26. The smallest absolute Gasteiger partial charge is 0.271 e. The number of halogens is 2. The van der Waals surface area contributed by atoms with Crippen LogP contribution in [0.3, 0.4) is 0 Å². The van der Waals surface area contributed by atoms with Gasteiger partial charge in [0.1, 0.15) is 17.3 Å². The molecule has 168 valence electrons. The van der Waals surface area contributed by atoms with Gasteiger partial charge in [0, 0.05) is 19.1 Å². The van der Waals surface area contributed by atoms with Crippen LogP contribution in [0.15, 0.2) is 36.7 Å². The van der Waals surface area contributed by atoms with Crippen molar-refractivity contribution in [1.29, 1.82) is 0 Å². The summed E-state index contributed by atoms with van der Waals surface area (Å²) in [6, 6.07) is 6.61. The lowest BCUT2D eigenvalue weighted by Crippen LogP contribution is -2.37. The van der Waals surface area contributed by atoms with Crippen molar-refractivity contribution in [3.05, 3.63) is 48.0 Å². The highest BCUT2D eigenvalue weighted by Crippen LogP contribution is 2.19. The Labute approximate surface area is 181 Å². The van der Waals surface area contributed by atoms with Crippen LogP contribution in [0.25, 0.3) is 5.65 Å². The lowest BCUT2D eigenvalue weighted by atomic mass is 10.2. The van der Waals surface area contributed by atoms with E-state index in [1.54, 1.807) is 24.3 Å². The van der Waals surface area contributed by atoms with Crippen molar-refractivity contribution in [2.24, 2.45) is 0 Å². The number of ether oxygens (including phenoxy) is 1. The maximum atomic E-state index is 12.5. The third kappa shape index (κ3) is 4.58. The van der Waals surface area contributed by atoms with Crippen LogP contribution in [0.5, 0.6) is 5.75 Å². The number of anilines is 1. The van der Waals surface area contributed by atoms with E-state index in [0.717, 1.165) is 0 Å². The number of methoxy groups -OCH3 is 1. The Hall–Kier alpha value is -3.83. The molecule has 0 spiro atoms. The van der Waals surface area contributed by atoms with Gasteiger partial charge in [-0.25, -0.2) is 23.3 Å². The van der Waals surface area contributed by atoms with Crippen molar-refractivity contribution in [1.82, 2.24) is 30.2 Å². The average molecular weight is 445 g/mol. The second kappa shape index (κ2) is 9.12. The molecule has 0 aliphatic carbocycles. The van der Waals surface area contributed by atoms with Crippen molar-refractivity contribution in [2.75, 3.05) is 31.6 Å². The molecule has 4 rings (SSSR count). The van der Waals surface area contributed by atoms with Gasteiger partial charge in [-0.05, 0) is 30.7 Å². The second-order valence-corrected chi connectivity index (χ2v) is 7.19. The topological polar surface area (TPSA) is 114 Å². The third-order valence-corrected chi connectivity index (χ3v) is 5.05. The molecule has 4 heterocycles. The van der Waals surface area contributed by atoms with E-state index >= 15 is 0 Å². The summed E-state index contributed by atoms with van der Waals surface area (Å²) >= 11 is 0. The number of carbonyl (C=O) groups is 2. The Kier molecular flexibility index (Phi) is 6.10. The number of nitrogens with one attached hydrogen (secondary N) is 2. The minimum Gasteiger partial charge on any atom is -0.495 e. The molecule has 0 bridgehead atoms. The number of fused-ring (bicyclic) bond motifs is 1. The molecule has 0 radical (unpaired) electrons. The first-order valence-electron chi connectivity index (χ1n) is 9.91. The van der Waals surface area contributed by atoms with Gasteiger partial charge in [-0.15, -0.1) is 5.10 Å². The van der Waals surface area contributed by atoms with Gasteiger partial charge >= 0.3 is 0 Å². The zero-order valence-corrected chi connectivity index (χ0v) is 17.2. The number of pyridine rings is 1. The molecule has 0 unspecified atom stereocenters. The first kappa shape index (κ1) is 21.4. The van der Waals surface area contributed by atoms with Crippen LogP contribution >= 0.6 is 0 Å². The fourth-order valence-corrected chi connectivity index (χ4v) is 3.43. The summed E-state index contributed by atoms with van der Waals surface area (Å²) in [4.78, 5) is 34.8. The minimum absolute atomic E-state index is 0.0668. The fraction of sp³-hybridized carbons (Fsp3) is 0.350. The molecular formula is C20H21F2N7O3. The summed E-state index contributed by atoms with van der Waals surface area (Å²) in [5, 5.41) is 9.56. The predicted octanol–water partition coefficient (Wildman–Crippen LogP) is 1.14. The summed E-state index contributed by atoms with van der Waals surface area (Å²) in [5.41, 5.74) is 0.782. The lowest BCUT2D eigenvalue weighted by Gasteiger charge is -2.18. The Bertz CT molecular complexity index is 1120. The Morgan fingerprint density at radius 2 is 2.03 bits per heavy atom. The molecule has 3 aromatic rings. The van der Waals surface area contributed by atoms with E-state index in [2.05, 4.69) is 25.7 Å². The van der Waals surface area contributed by atoms with Gasteiger partial charge in [-0.3, -0.25) is 9.59 Å². The Morgan fingerprint density at radius 1 is 1.19 bits per heavy atom. The van der Waals surface area contributed by atoms with Crippen LogP contribution in [-0.4, -0.2) is 70.6 Å². The van der Waals surface area contributed by atoms with Gasteiger partial charge in [-0.2, -0.15) is 0 Å². The Morgan fingerprint density at radius 3 is 2.75 bits per heavy atom. The molecular weight excluding hydrogens is 424 g/mol. The van der Waals surface area contributed by atoms with E-state index in [9.17, 15) is 18.4 Å². The van der Waals surface area contributed by atoms with Gasteiger partial charge in [0.2, 0.25) is 0 Å². The first-order chi connectivity index (χ1) is 15.4. The second-order valence-electron chi connectivity index (χ2n) is 7.19.